The fourth-order valence-electron chi connectivity index (χ4n) is 2.65. The first-order chi connectivity index (χ1) is 9.78. The first-order valence-electron chi connectivity index (χ1n) is 7.37. The van der Waals surface area contributed by atoms with E-state index in [2.05, 4.69) is 17.2 Å². The molecule has 1 fully saturated rings. The second-order valence-electron chi connectivity index (χ2n) is 5.32. The highest BCUT2D eigenvalue weighted by Gasteiger charge is 2.16. The van der Waals surface area contributed by atoms with Crippen molar-refractivity contribution in [2.24, 2.45) is 11.7 Å². The van der Waals surface area contributed by atoms with Crippen LogP contribution in [-0.2, 0) is 4.79 Å². The van der Waals surface area contributed by atoms with E-state index in [0.717, 1.165) is 23.6 Å². The van der Waals surface area contributed by atoms with Crippen molar-refractivity contribution >= 4 is 11.6 Å². The van der Waals surface area contributed by atoms with Crippen molar-refractivity contribution < 1.29 is 4.79 Å². The largest absolute Gasteiger partial charge is 0.326 e. The molecule has 0 unspecified atom stereocenters. The smallest absolute Gasteiger partial charge is 0.224 e. The second-order valence-corrected chi connectivity index (χ2v) is 5.32. The molecule has 1 aromatic rings. The van der Waals surface area contributed by atoms with E-state index in [1.165, 1.54) is 25.7 Å². The number of benzene rings is 1. The van der Waals surface area contributed by atoms with Gasteiger partial charge in [-0.1, -0.05) is 37.5 Å². The summed E-state index contributed by atoms with van der Waals surface area (Å²) >= 11 is 0. The normalized spacial score (nSPS) is 14.7. The summed E-state index contributed by atoms with van der Waals surface area (Å²) in [5.74, 6) is 6.63. The molecule has 106 valence electrons. The average molecular weight is 270 g/mol. The minimum absolute atomic E-state index is 0.109. The predicted octanol–water partition coefficient (Wildman–Crippen LogP) is 2.91. The number of rotatable bonds is 4. The Hall–Kier alpha value is -1.79. The van der Waals surface area contributed by atoms with Crippen LogP contribution in [0.2, 0.25) is 0 Å². The van der Waals surface area contributed by atoms with Crippen LogP contribution in [0.15, 0.2) is 24.3 Å². The van der Waals surface area contributed by atoms with Gasteiger partial charge in [-0.05, 0) is 36.6 Å². The molecule has 0 radical (unpaired) electrons. The zero-order valence-corrected chi connectivity index (χ0v) is 11.8. The van der Waals surface area contributed by atoms with Crippen molar-refractivity contribution in [1.82, 2.24) is 0 Å². The summed E-state index contributed by atoms with van der Waals surface area (Å²) in [5, 5.41) is 2.94. The van der Waals surface area contributed by atoms with E-state index in [0.29, 0.717) is 13.0 Å². The lowest BCUT2D eigenvalue weighted by Gasteiger charge is -2.09. The minimum Gasteiger partial charge on any atom is -0.326 e. The van der Waals surface area contributed by atoms with E-state index in [1.54, 1.807) is 0 Å². The maximum Gasteiger partial charge on any atom is 0.224 e. The number of nitrogens with two attached hydrogens (primary N) is 1. The number of carbonyl (C=O) groups is 1. The Bertz CT molecular complexity index is 490. The molecule has 2 rings (SSSR count). The van der Waals surface area contributed by atoms with Gasteiger partial charge in [-0.2, -0.15) is 0 Å². The minimum atomic E-state index is 0.109. The van der Waals surface area contributed by atoms with Gasteiger partial charge in [0.2, 0.25) is 5.91 Å². The lowest BCUT2D eigenvalue weighted by atomic mass is 10.0. The maximum atomic E-state index is 11.9. The van der Waals surface area contributed by atoms with E-state index in [-0.39, 0.29) is 5.91 Å². The first-order valence-corrected chi connectivity index (χ1v) is 7.37. The Kier molecular flexibility index (Phi) is 5.64. The molecule has 1 saturated carbocycles. The monoisotopic (exact) mass is 270 g/mol. The Morgan fingerprint density at radius 1 is 1.25 bits per heavy atom. The van der Waals surface area contributed by atoms with Crippen LogP contribution in [-0.4, -0.2) is 12.5 Å². The summed E-state index contributed by atoms with van der Waals surface area (Å²) in [7, 11) is 0. The molecular weight excluding hydrogens is 248 g/mol. The molecule has 0 spiro atoms. The molecular formula is C17H22N2O. The fourth-order valence-corrected chi connectivity index (χ4v) is 2.65. The number of hydrogen-bond donors (Lipinski definition) is 2. The van der Waals surface area contributed by atoms with Crippen LogP contribution < -0.4 is 11.1 Å². The van der Waals surface area contributed by atoms with Crippen molar-refractivity contribution in [1.29, 1.82) is 0 Å². The van der Waals surface area contributed by atoms with E-state index < -0.39 is 0 Å². The molecule has 20 heavy (non-hydrogen) atoms. The van der Waals surface area contributed by atoms with E-state index in [1.807, 2.05) is 24.3 Å². The highest BCUT2D eigenvalue weighted by Crippen LogP contribution is 2.28. The van der Waals surface area contributed by atoms with Crippen LogP contribution in [0.1, 0.15) is 44.1 Å². The molecule has 1 aliphatic rings. The standard InChI is InChI=1S/C17H22N2O/c18-13-3-6-15-7-10-16(11-8-15)19-17(20)12-9-14-4-1-2-5-14/h7-8,10-11,14H,1-2,4-5,9,12-13,18H2,(H,19,20). The van der Waals surface area contributed by atoms with Gasteiger partial charge in [0.1, 0.15) is 0 Å². The van der Waals surface area contributed by atoms with Gasteiger partial charge in [-0.15, -0.1) is 0 Å². The van der Waals surface area contributed by atoms with Gasteiger partial charge in [0, 0.05) is 17.7 Å². The maximum absolute atomic E-state index is 11.9. The third-order valence-corrected chi connectivity index (χ3v) is 3.76. The Morgan fingerprint density at radius 3 is 2.60 bits per heavy atom. The molecule has 0 saturated heterocycles. The molecule has 0 aliphatic heterocycles. The molecule has 3 heteroatoms. The summed E-state index contributed by atoms with van der Waals surface area (Å²) < 4.78 is 0. The zero-order chi connectivity index (χ0) is 14.2. The van der Waals surface area contributed by atoms with Crippen LogP contribution in [0.5, 0.6) is 0 Å². The Balaban J connectivity index is 1.78. The van der Waals surface area contributed by atoms with Crippen LogP contribution in [0.25, 0.3) is 0 Å². The Morgan fingerprint density at radius 2 is 1.95 bits per heavy atom. The van der Waals surface area contributed by atoms with Crippen molar-refractivity contribution in [3.8, 4) is 11.8 Å². The van der Waals surface area contributed by atoms with Crippen LogP contribution in [0.3, 0.4) is 0 Å². The number of amides is 1. The third-order valence-electron chi connectivity index (χ3n) is 3.76. The summed E-state index contributed by atoms with van der Waals surface area (Å²) in [4.78, 5) is 11.9. The number of nitrogens with one attached hydrogen (secondary N) is 1. The molecule has 0 heterocycles. The van der Waals surface area contributed by atoms with Gasteiger partial charge in [0.25, 0.3) is 0 Å². The lowest BCUT2D eigenvalue weighted by Crippen LogP contribution is -2.12. The van der Waals surface area contributed by atoms with Crippen LogP contribution in [0.4, 0.5) is 5.69 Å². The first kappa shape index (κ1) is 14.6. The van der Waals surface area contributed by atoms with Gasteiger partial charge in [0.15, 0.2) is 0 Å². The molecule has 1 aromatic carbocycles. The van der Waals surface area contributed by atoms with E-state index in [9.17, 15) is 4.79 Å². The third kappa shape index (κ3) is 4.71. The number of hydrogen-bond acceptors (Lipinski definition) is 2. The Labute approximate surface area is 120 Å². The average Bonchev–Trinajstić information content (AvgIpc) is 2.98. The van der Waals surface area contributed by atoms with Gasteiger partial charge in [0.05, 0.1) is 6.54 Å². The fraction of sp³-hybridized carbons (Fsp3) is 0.471. The summed E-state index contributed by atoms with van der Waals surface area (Å²) in [5.41, 5.74) is 7.08. The molecule has 3 N–H and O–H groups in total. The van der Waals surface area contributed by atoms with Gasteiger partial charge >= 0.3 is 0 Å². The van der Waals surface area contributed by atoms with Gasteiger partial charge in [-0.3, -0.25) is 4.79 Å². The highest BCUT2D eigenvalue weighted by molar-refractivity contribution is 5.90. The SMILES string of the molecule is NCC#Cc1ccc(NC(=O)CCC2CCCC2)cc1. The van der Waals surface area contributed by atoms with Crippen LogP contribution >= 0.6 is 0 Å². The van der Waals surface area contributed by atoms with Crippen molar-refractivity contribution in [2.75, 3.05) is 11.9 Å². The van der Waals surface area contributed by atoms with Crippen molar-refractivity contribution in [3.63, 3.8) is 0 Å². The quantitative estimate of drug-likeness (QED) is 0.827. The summed E-state index contributed by atoms with van der Waals surface area (Å²) in [6, 6.07) is 7.56. The zero-order valence-electron chi connectivity index (χ0n) is 11.8. The molecule has 0 aromatic heterocycles. The van der Waals surface area contributed by atoms with Gasteiger partial charge < -0.3 is 11.1 Å². The lowest BCUT2D eigenvalue weighted by molar-refractivity contribution is -0.116. The van der Waals surface area contributed by atoms with Crippen molar-refractivity contribution in [3.05, 3.63) is 29.8 Å². The number of carbonyl (C=O) groups excluding carboxylic acids is 1. The van der Waals surface area contributed by atoms with E-state index in [4.69, 9.17) is 5.73 Å². The summed E-state index contributed by atoms with van der Waals surface area (Å²) in [6.07, 6.45) is 6.89. The van der Waals surface area contributed by atoms with Crippen LogP contribution in [0, 0.1) is 17.8 Å². The molecule has 0 atom stereocenters. The van der Waals surface area contributed by atoms with Crippen molar-refractivity contribution in [2.45, 2.75) is 38.5 Å². The molecule has 1 amide bonds. The summed E-state index contributed by atoms with van der Waals surface area (Å²) in [6.45, 7) is 0.361. The molecule has 1 aliphatic carbocycles. The molecule has 3 nitrogen and oxygen atoms in total. The van der Waals surface area contributed by atoms with Gasteiger partial charge in [-0.25, -0.2) is 0 Å². The topological polar surface area (TPSA) is 55.1 Å². The molecule has 0 bridgehead atoms. The number of anilines is 1. The highest BCUT2D eigenvalue weighted by atomic mass is 16.1. The van der Waals surface area contributed by atoms with E-state index >= 15 is 0 Å². The second kappa shape index (κ2) is 7.72. The predicted molar refractivity (Wildman–Crippen MR) is 82.2 cm³/mol.